The molecule has 2 aliphatic heterocycles. The first kappa shape index (κ1) is 15.1. The molecular formula is C16H25N5O. The minimum Gasteiger partial charge on any atom is -0.353 e. The van der Waals surface area contributed by atoms with Crippen LogP contribution in [0.25, 0.3) is 0 Å². The van der Waals surface area contributed by atoms with Gasteiger partial charge in [-0.3, -0.25) is 4.79 Å². The van der Waals surface area contributed by atoms with Gasteiger partial charge in [-0.15, -0.1) is 0 Å². The molecule has 120 valence electrons. The van der Waals surface area contributed by atoms with Crippen molar-refractivity contribution in [2.45, 2.75) is 26.7 Å². The summed E-state index contributed by atoms with van der Waals surface area (Å²) in [6.45, 7) is 9.64. The van der Waals surface area contributed by atoms with Gasteiger partial charge >= 0.3 is 0 Å². The number of aryl methyl sites for hydroxylation is 1. The van der Waals surface area contributed by atoms with E-state index in [4.69, 9.17) is 4.98 Å². The average Bonchev–Trinajstić information content (AvgIpc) is 2.55. The molecule has 0 aliphatic carbocycles. The first-order valence-corrected chi connectivity index (χ1v) is 8.20. The van der Waals surface area contributed by atoms with Crippen molar-refractivity contribution in [1.29, 1.82) is 0 Å². The van der Waals surface area contributed by atoms with Gasteiger partial charge in [-0.1, -0.05) is 6.92 Å². The number of rotatable bonds is 3. The highest BCUT2D eigenvalue weighted by atomic mass is 16.1. The molecule has 0 atom stereocenters. The van der Waals surface area contributed by atoms with Gasteiger partial charge in [0.15, 0.2) is 0 Å². The van der Waals surface area contributed by atoms with E-state index in [1.165, 1.54) is 12.8 Å². The summed E-state index contributed by atoms with van der Waals surface area (Å²) in [5.41, 5.74) is 1.01. The Morgan fingerprint density at radius 2 is 1.73 bits per heavy atom. The van der Waals surface area contributed by atoms with E-state index in [9.17, 15) is 4.79 Å². The molecule has 6 nitrogen and oxygen atoms in total. The molecule has 6 heteroatoms. The molecule has 0 bridgehead atoms. The van der Waals surface area contributed by atoms with Crippen LogP contribution in [0, 0.1) is 12.8 Å². The number of piperazine rings is 1. The lowest BCUT2D eigenvalue weighted by atomic mass is 10.00. The predicted molar refractivity (Wildman–Crippen MR) is 87.2 cm³/mol. The van der Waals surface area contributed by atoms with Crippen molar-refractivity contribution >= 4 is 18.2 Å². The maximum absolute atomic E-state index is 10.8. The number of hydrogen-bond acceptors (Lipinski definition) is 5. The molecule has 22 heavy (non-hydrogen) atoms. The van der Waals surface area contributed by atoms with Crippen molar-refractivity contribution in [2.75, 3.05) is 49.1 Å². The van der Waals surface area contributed by atoms with Crippen molar-refractivity contribution in [2.24, 2.45) is 5.92 Å². The van der Waals surface area contributed by atoms with Crippen LogP contribution in [0.1, 0.15) is 25.5 Å². The minimum absolute atomic E-state index is 0.767. The lowest BCUT2D eigenvalue weighted by Gasteiger charge is -2.35. The highest BCUT2D eigenvalue weighted by molar-refractivity contribution is 5.50. The number of aromatic nitrogens is 2. The molecule has 3 rings (SSSR count). The van der Waals surface area contributed by atoms with Gasteiger partial charge in [0.2, 0.25) is 12.4 Å². The molecule has 0 radical (unpaired) electrons. The summed E-state index contributed by atoms with van der Waals surface area (Å²) in [7, 11) is 0. The summed E-state index contributed by atoms with van der Waals surface area (Å²) in [4.78, 5) is 26.6. The van der Waals surface area contributed by atoms with E-state index in [1.807, 2.05) is 17.9 Å². The molecule has 0 aromatic carbocycles. The second-order valence-electron chi connectivity index (χ2n) is 6.47. The van der Waals surface area contributed by atoms with Gasteiger partial charge in [-0.25, -0.2) is 4.98 Å². The standard InChI is InChI=1S/C16H25N5O/c1-13-3-5-21(6-4-13)16-17-14(2)11-15(18-16)20-9-7-19(12-22)8-10-20/h11-13H,3-10H2,1-2H3. The number of piperidine rings is 1. The Morgan fingerprint density at radius 3 is 2.36 bits per heavy atom. The van der Waals surface area contributed by atoms with Crippen LogP contribution in [0.3, 0.4) is 0 Å². The Kier molecular flexibility index (Phi) is 4.45. The third kappa shape index (κ3) is 3.31. The van der Waals surface area contributed by atoms with Crippen LogP contribution in [0.2, 0.25) is 0 Å². The zero-order valence-corrected chi connectivity index (χ0v) is 13.5. The van der Waals surface area contributed by atoms with Crippen LogP contribution in [-0.2, 0) is 4.79 Å². The Hall–Kier alpha value is -1.85. The predicted octanol–water partition coefficient (Wildman–Crippen LogP) is 1.30. The van der Waals surface area contributed by atoms with Crippen LogP contribution >= 0.6 is 0 Å². The number of carbonyl (C=O) groups excluding carboxylic acids is 1. The first-order valence-electron chi connectivity index (χ1n) is 8.20. The lowest BCUT2D eigenvalue weighted by molar-refractivity contribution is -0.118. The van der Waals surface area contributed by atoms with Gasteiger partial charge in [0.1, 0.15) is 5.82 Å². The molecule has 0 saturated carbocycles. The van der Waals surface area contributed by atoms with Crippen LogP contribution in [0.15, 0.2) is 6.07 Å². The summed E-state index contributed by atoms with van der Waals surface area (Å²) in [5, 5.41) is 0. The molecule has 2 aliphatic rings. The van der Waals surface area contributed by atoms with Gasteiger partial charge < -0.3 is 14.7 Å². The number of carbonyl (C=O) groups is 1. The van der Waals surface area contributed by atoms with Crippen LogP contribution in [-0.4, -0.2) is 60.5 Å². The fourth-order valence-corrected chi connectivity index (χ4v) is 3.11. The normalized spacial score (nSPS) is 20.4. The van der Waals surface area contributed by atoms with Crippen molar-refractivity contribution in [3.63, 3.8) is 0 Å². The average molecular weight is 303 g/mol. The highest BCUT2D eigenvalue weighted by Gasteiger charge is 2.21. The van der Waals surface area contributed by atoms with Crippen molar-refractivity contribution in [3.8, 4) is 0 Å². The Morgan fingerprint density at radius 1 is 1.05 bits per heavy atom. The summed E-state index contributed by atoms with van der Waals surface area (Å²) >= 11 is 0. The Bertz CT molecular complexity index is 519. The zero-order chi connectivity index (χ0) is 15.5. The van der Waals surface area contributed by atoms with Crippen LogP contribution < -0.4 is 9.80 Å². The van der Waals surface area contributed by atoms with Gasteiger partial charge in [-0.05, 0) is 25.7 Å². The quantitative estimate of drug-likeness (QED) is 0.788. The largest absolute Gasteiger partial charge is 0.353 e. The molecular weight excluding hydrogens is 278 g/mol. The van der Waals surface area contributed by atoms with E-state index >= 15 is 0 Å². The monoisotopic (exact) mass is 303 g/mol. The third-order valence-electron chi connectivity index (χ3n) is 4.68. The van der Waals surface area contributed by atoms with Crippen LogP contribution in [0.5, 0.6) is 0 Å². The van der Waals surface area contributed by atoms with Gasteiger partial charge in [0.25, 0.3) is 0 Å². The SMILES string of the molecule is Cc1cc(N2CCN(C=O)CC2)nc(N2CCC(C)CC2)n1. The zero-order valence-electron chi connectivity index (χ0n) is 13.5. The third-order valence-corrected chi connectivity index (χ3v) is 4.68. The number of amides is 1. The van der Waals surface area contributed by atoms with E-state index in [1.54, 1.807) is 0 Å². The maximum Gasteiger partial charge on any atom is 0.227 e. The molecule has 1 aromatic rings. The molecule has 1 amide bonds. The Balaban J connectivity index is 1.74. The van der Waals surface area contributed by atoms with Crippen molar-refractivity contribution < 1.29 is 4.79 Å². The molecule has 0 unspecified atom stereocenters. The summed E-state index contributed by atoms with van der Waals surface area (Å²) < 4.78 is 0. The number of anilines is 2. The van der Waals surface area contributed by atoms with Crippen molar-refractivity contribution in [3.05, 3.63) is 11.8 Å². The van der Waals surface area contributed by atoms with Gasteiger partial charge in [0.05, 0.1) is 0 Å². The van der Waals surface area contributed by atoms with E-state index < -0.39 is 0 Å². The molecule has 1 aromatic heterocycles. The lowest BCUT2D eigenvalue weighted by Crippen LogP contribution is -2.46. The molecule has 0 N–H and O–H groups in total. The molecule has 2 fully saturated rings. The smallest absolute Gasteiger partial charge is 0.227 e. The second kappa shape index (κ2) is 6.50. The van der Waals surface area contributed by atoms with E-state index in [0.717, 1.165) is 69.1 Å². The van der Waals surface area contributed by atoms with E-state index in [2.05, 4.69) is 21.7 Å². The number of nitrogens with zero attached hydrogens (tertiary/aromatic N) is 5. The van der Waals surface area contributed by atoms with E-state index in [0.29, 0.717) is 0 Å². The summed E-state index contributed by atoms with van der Waals surface area (Å²) in [5.74, 6) is 2.66. The fourth-order valence-electron chi connectivity index (χ4n) is 3.11. The fraction of sp³-hybridized carbons (Fsp3) is 0.688. The van der Waals surface area contributed by atoms with Crippen molar-refractivity contribution in [1.82, 2.24) is 14.9 Å². The topological polar surface area (TPSA) is 52.6 Å². The Labute approximate surface area is 132 Å². The molecule has 3 heterocycles. The van der Waals surface area contributed by atoms with Crippen LogP contribution in [0.4, 0.5) is 11.8 Å². The van der Waals surface area contributed by atoms with E-state index in [-0.39, 0.29) is 0 Å². The second-order valence-corrected chi connectivity index (χ2v) is 6.47. The van der Waals surface area contributed by atoms with Gasteiger partial charge in [-0.2, -0.15) is 4.98 Å². The molecule has 0 spiro atoms. The maximum atomic E-state index is 10.8. The first-order chi connectivity index (χ1) is 10.7. The summed E-state index contributed by atoms with van der Waals surface area (Å²) in [6.07, 6.45) is 3.36. The molecule has 2 saturated heterocycles. The summed E-state index contributed by atoms with van der Waals surface area (Å²) in [6, 6.07) is 2.05. The minimum atomic E-state index is 0.767. The highest BCUT2D eigenvalue weighted by Crippen LogP contribution is 2.23. The van der Waals surface area contributed by atoms with Gasteiger partial charge in [0, 0.05) is 51.0 Å². The number of hydrogen-bond donors (Lipinski definition) is 0.